The van der Waals surface area contributed by atoms with Gasteiger partial charge in [-0.1, -0.05) is 29.4 Å². The Kier molecular flexibility index (Phi) is 4.24. The monoisotopic (exact) mass is 242 g/mol. The summed E-state index contributed by atoms with van der Waals surface area (Å²) in [5.74, 6) is -0.118. The first-order chi connectivity index (χ1) is 7.00. The molecule has 4 heteroatoms. The lowest BCUT2D eigenvalue weighted by Gasteiger charge is -2.04. The molecule has 0 unspecified atom stereocenters. The SMILES string of the molecule is CC(=O)C(Sc1cccc(Cl)c1)=C(C)O. The molecule has 0 aromatic heterocycles. The van der Waals surface area contributed by atoms with Crippen LogP contribution in [-0.4, -0.2) is 10.9 Å². The summed E-state index contributed by atoms with van der Waals surface area (Å²) in [4.78, 5) is 12.4. The second kappa shape index (κ2) is 5.24. The van der Waals surface area contributed by atoms with Gasteiger partial charge in [-0.3, -0.25) is 4.79 Å². The topological polar surface area (TPSA) is 37.3 Å². The average molecular weight is 243 g/mol. The van der Waals surface area contributed by atoms with Crippen molar-refractivity contribution in [2.45, 2.75) is 18.7 Å². The van der Waals surface area contributed by atoms with Crippen molar-refractivity contribution in [2.24, 2.45) is 0 Å². The molecule has 0 saturated carbocycles. The summed E-state index contributed by atoms with van der Waals surface area (Å²) >= 11 is 7.03. The Hall–Kier alpha value is -0.930. The fourth-order valence-electron chi connectivity index (χ4n) is 1.05. The Morgan fingerprint density at radius 2 is 2.07 bits per heavy atom. The molecule has 0 amide bonds. The second-order valence-electron chi connectivity index (χ2n) is 3.03. The number of carbonyl (C=O) groups is 1. The summed E-state index contributed by atoms with van der Waals surface area (Å²) in [6.07, 6.45) is 0. The maximum Gasteiger partial charge on any atom is 0.169 e. The largest absolute Gasteiger partial charge is 0.511 e. The smallest absolute Gasteiger partial charge is 0.169 e. The zero-order valence-corrected chi connectivity index (χ0v) is 10.0. The third kappa shape index (κ3) is 3.61. The molecule has 80 valence electrons. The summed E-state index contributed by atoms with van der Waals surface area (Å²) in [6.45, 7) is 2.92. The van der Waals surface area contributed by atoms with E-state index < -0.39 is 0 Å². The number of allylic oxidation sites excluding steroid dienone is 2. The summed E-state index contributed by atoms with van der Waals surface area (Å²) in [5.41, 5.74) is 0. The van der Waals surface area contributed by atoms with E-state index in [9.17, 15) is 9.90 Å². The second-order valence-corrected chi connectivity index (χ2v) is 4.55. The van der Waals surface area contributed by atoms with Crippen molar-refractivity contribution in [3.8, 4) is 0 Å². The van der Waals surface area contributed by atoms with Gasteiger partial charge in [0, 0.05) is 9.92 Å². The van der Waals surface area contributed by atoms with Crippen LogP contribution in [-0.2, 0) is 4.79 Å². The molecule has 0 aliphatic rings. The summed E-state index contributed by atoms with van der Waals surface area (Å²) in [7, 11) is 0. The molecule has 0 atom stereocenters. The highest BCUT2D eigenvalue weighted by molar-refractivity contribution is 8.04. The number of halogens is 1. The van der Waals surface area contributed by atoms with E-state index in [2.05, 4.69) is 0 Å². The van der Waals surface area contributed by atoms with Gasteiger partial charge in [0.15, 0.2) is 5.78 Å². The molecule has 0 saturated heterocycles. The van der Waals surface area contributed by atoms with Crippen molar-refractivity contribution < 1.29 is 9.90 Å². The first-order valence-corrected chi connectivity index (χ1v) is 5.54. The molecule has 15 heavy (non-hydrogen) atoms. The van der Waals surface area contributed by atoms with Crippen LogP contribution in [0.4, 0.5) is 0 Å². The molecule has 1 aromatic rings. The minimum absolute atomic E-state index is 0.0347. The number of hydrogen-bond acceptors (Lipinski definition) is 3. The van der Waals surface area contributed by atoms with E-state index in [1.165, 1.54) is 25.6 Å². The van der Waals surface area contributed by atoms with Gasteiger partial charge in [0.25, 0.3) is 0 Å². The van der Waals surface area contributed by atoms with Gasteiger partial charge in [0.2, 0.25) is 0 Å². The number of aliphatic hydroxyl groups is 1. The van der Waals surface area contributed by atoms with Crippen LogP contribution in [0.1, 0.15) is 13.8 Å². The minimum atomic E-state index is -0.153. The number of ketones is 1. The minimum Gasteiger partial charge on any atom is -0.511 e. The maximum atomic E-state index is 11.2. The van der Waals surface area contributed by atoms with Crippen LogP contribution in [0, 0.1) is 0 Å². The highest BCUT2D eigenvalue weighted by Crippen LogP contribution is 2.30. The third-order valence-corrected chi connectivity index (χ3v) is 3.18. The fraction of sp³-hybridized carbons (Fsp3) is 0.182. The van der Waals surface area contributed by atoms with Gasteiger partial charge < -0.3 is 5.11 Å². The van der Waals surface area contributed by atoms with E-state index in [-0.39, 0.29) is 11.5 Å². The summed E-state index contributed by atoms with van der Waals surface area (Å²) in [5, 5.41) is 9.93. The van der Waals surface area contributed by atoms with Crippen molar-refractivity contribution in [1.29, 1.82) is 0 Å². The maximum absolute atomic E-state index is 11.2. The van der Waals surface area contributed by atoms with Crippen LogP contribution in [0.3, 0.4) is 0 Å². The fourth-order valence-corrected chi connectivity index (χ4v) is 2.16. The molecule has 0 fully saturated rings. The van der Waals surface area contributed by atoms with Crippen LogP contribution in [0.5, 0.6) is 0 Å². The molecule has 1 aromatic carbocycles. The molecule has 0 radical (unpaired) electrons. The molecule has 2 nitrogen and oxygen atoms in total. The van der Waals surface area contributed by atoms with E-state index in [0.717, 1.165) is 4.90 Å². The predicted octanol–water partition coefficient (Wildman–Crippen LogP) is 3.81. The standard InChI is InChI=1S/C11H11ClO2S/c1-7(13)11(8(2)14)15-10-5-3-4-9(12)6-10/h3-6,13H,1-2H3. The van der Waals surface area contributed by atoms with Crippen LogP contribution >= 0.6 is 23.4 Å². The zero-order chi connectivity index (χ0) is 11.4. The normalized spacial score (nSPS) is 12.2. The van der Waals surface area contributed by atoms with Gasteiger partial charge in [-0.05, 0) is 32.0 Å². The van der Waals surface area contributed by atoms with Crippen molar-refractivity contribution in [1.82, 2.24) is 0 Å². The molecule has 0 bridgehead atoms. The quantitative estimate of drug-likeness (QED) is 0.498. The number of thioether (sulfide) groups is 1. The Balaban J connectivity index is 2.94. The molecule has 1 rings (SSSR count). The van der Waals surface area contributed by atoms with Crippen molar-refractivity contribution in [3.63, 3.8) is 0 Å². The molecule has 0 heterocycles. The highest BCUT2D eigenvalue weighted by Gasteiger charge is 2.10. The van der Waals surface area contributed by atoms with Gasteiger partial charge in [-0.25, -0.2) is 0 Å². The molecular weight excluding hydrogens is 232 g/mol. The average Bonchev–Trinajstić information content (AvgIpc) is 2.13. The lowest BCUT2D eigenvalue weighted by atomic mass is 10.3. The number of Topliss-reactive ketones (excluding diaryl/α,β-unsaturated/α-hetero) is 1. The van der Waals surface area contributed by atoms with Gasteiger partial charge >= 0.3 is 0 Å². The third-order valence-electron chi connectivity index (χ3n) is 1.66. The van der Waals surface area contributed by atoms with Gasteiger partial charge in [-0.15, -0.1) is 0 Å². The summed E-state index contributed by atoms with van der Waals surface area (Å²) < 4.78 is 0. The van der Waals surface area contributed by atoms with Gasteiger partial charge in [-0.2, -0.15) is 0 Å². The van der Waals surface area contributed by atoms with Crippen LogP contribution in [0.15, 0.2) is 39.8 Å². The van der Waals surface area contributed by atoms with Crippen LogP contribution < -0.4 is 0 Å². The lowest BCUT2D eigenvalue weighted by molar-refractivity contribution is -0.113. The zero-order valence-electron chi connectivity index (χ0n) is 8.45. The Morgan fingerprint density at radius 3 is 2.53 bits per heavy atom. The van der Waals surface area contributed by atoms with Crippen LogP contribution in [0.25, 0.3) is 0 Å². The number of hydrogen-bond donors (Lipinski definition) is 1. The van der Waals surface area contributed by atoms with Crippen molar-refractivity contribution in [3.05, 3.63) is 40.0 Å². The lowest BCUT2D eigenvalue weighted by Crippen LogP contribution is -1.95. The molecule has 1 N–H and O–H groups in total. The highest BCUT2D eigenvalue weighted by atomic mass is 35.5. The molecule has 0 aliphatic carbocycles. The Bertz CT molecular complexity index is 409. The van der Waals surface area contributed by atoms with E-state index in [1.54, 1.807) is 18.2 Å². The Morgan fingerprint density at radius 1 is 1.40 bits per heavy atom. The van der Waals surface area contributed by atoms with Crippen molar-refractivity contribution >= 4 is 29.1 Å². The first-order valence-electron chi connectivity index (χ1n) is 4.35. The van der Waals surface area contributed by atoms with Crippen LogP contribution in [0.2, 0.25) is 5.02 Å². The van der Waals surface area contributed by atoms with E-state index >= 15 is 0 Å². The van der Waals surface area contributed by atoms with E-state index in [4.69, 9.17) is 11.6 Å². The van der Waals surface area contributed by atoms with Crippen molar-refractivity contribution in [2.75, 3.05) is 0 Å². The number of benzene rings is 1. The molecule has 0 aliphatic heterocycles. The van der Waals surface area contributed by atoms with E-state index in [1.807, 2.05) is 6.07 Å². The summed E-state index contributed by atoms with van der Waals surface area (Å²) in [6, 6.07) is 7.14. The van der Waals surface area contributed by atoms with E-state index in [0.29, 0.717) is 9.93 Å². The first kappa shape index (κ1) is 12.1. The number of aliphatic hydroxyl groups excluding tert-OH is 1. The molecule has 0 spiro atoms. The van der Waals surface area contributed by atoms with Gasteiger partial charge in [0.05, 0.1) is 4.91 Å². The Labute approximate surface area is 97.9 Å². The number of rotatable bonds is 3. The predicted molar refractivity (Wildman–Crippen MR) is 63.3 cm³/mol. The number of carbonyl (C=O) groups excluding carboxylic acids is 1. The van der Waals surface area contributed by atoms with Gasteiger partial charge in [0.1, 0.15) is 5.76 Å². The molecular formula is C11H11ClO2S.